The molecule has 4 aliphatic carbocycles. The third-order valence-electron chi connectivity index (χ3n) is 10.1. The van der Waals surface area contributed by atoms with Gasteiger partial charge in [0.15, 0.2) is 0 Å². The number of carbonyl (C=O) groups is 2. The summed E-state index contributed by atoms with van der Waals surface area (Å²) in [4.78, 5) is 23.1. The van der Waals surface area contributed by atoms with Gasteiger partial charge >= 0.3 is 11.9 Å². The summed E-state index contributed by atoms with van der Waals surface area (Å²) in [6, 6.07) is 0. The fourth-order valence-corrected chi connectivity index (χ4v) is 8.45. The molecule has 0 saturated heterocycles. The van der Waals surface area contributed by atoms with Gasteiger partial charge in [0.25, 0.3) is 0 Å². The van der Waals surface area contributed by atoms with Crippen LogP contribution >= 0.6 is 0 Å². The molecule has 0 spiro atoms. The Bertz CT molecular complexity index is 742. The van der Waals surface area contributed by atoms with Crippen LogP contribution < -0.4 is 0 Å². The molecule has 4 heteroatoms. The van der Waals surface area contributed by atoms with Gasteiger partial charge in [-0.25, -0.2) is 0 Å². The third-order valence-corrected chi connectivity index (χ3v) is 10.1. The summed E-state index contributed by atoms with van der Waals surface area (Å²) < 4.78 is 10.5. The Labute approximate surface area is 188 Å². The first kappa shape index (κ1) is 22.9. The molecule has 0 aromatic heterocycles. The summed E-state index contributed by atoms with van der Waals surface area (Å²) in [5, 5.41) is 0. The van der Waals surface area contributed by atoms with E-state index in [1.165, 1.54) is 46.1 Å². The number of esters is 2. The molecule has 0 bridgehead atoms. The molecule has 0 heterocycles. The highest BCUT2D eigenvalue weighted by atomic mass is 16.5. The Hall–Kier alpha value is -1.32. The van der Waals surface area contributed by atoms with Gasteiger partial charge in [0.2, 0.25) is 0 Å². The molecule has 3 fully saturated rings. The van der Waals surface area contributed by atoms with Crippen LogP contribution in [0.15, 0.2) is 11.6 Å². The Morgan fingerprint density at radius 3 is 2.65 bits per heavy atom. The maximum Gasteiger partial charge on any atom is 0.305 e. The van der Waals surface area contributed by atoms with Crippen molar-refractivity contribution in [2.75, 3.05) is 7.11 Å². The molecule has 0 radical (unpaired) electrons. The van der Waals surface area contributed by atoms with E-state index in [-0.39, 0.29) is 23.5 Å². The molecule has 4 aliphatic rings. The van der Waals surface area contributed by atoms with Crippen LogP contribution in [0.25, 0.3) is 0 Å². The maximum absolute atomic E-state index is 11.7. The smallest absolute Gasteiger partial charge is 0.305 e. The highest BCUT2D eigenvalue weighted by molar-refractivity contribution is 5.69. The second-order valence-electron chi connectivity index (χ2n) is 11.6. The van der Waals surface area contributed by atoms with Gasteiger partial charge in [-0.05, 0) is 98.2 Å². The van der Waals surface area contributed by atoms with E-state index in [9.17, 15) is 9.59 Å². The number of ether oxygens (including phenoxy) is 2. The van der Waals surface area contributed by atoms with E-state index in [4.69, 9.17) is 9.47 Å². The molecule has 174 valence electrons. The van der Waals surface area contributed by atoms with Crippen molar-refractivity contribution in [2.24, 2.45) is 40.4 Å². The van der Waals surface area contributed by atoms with E-state index in [1.54, 1.807) is 5.57 Å². The Morgan fingerprint density at radius 1 is 1.16 bits per heavy atom. The van der Waals surface area contributed by atoms with Crippen LogP contribution in [0.2, 0.25) is 0 Å². The fourth-order valence-electron chi connectivity index (χ4n) is 8.45. The van der Waals surface area contributed by atoms with Crippen LogP contribution in [0.3, 0.4) is 0 Å². The van der Waals surface area contributed by atoms with Gasteiger partial charge in [0.05, 0.1) is 7.11 Å². The van der Waals surface area contributed by atoms with Crippen molar-refractivity contribution in [1.29, 1.82) is 0 Å². The highest BCUT2D eigenvalue weighted by Gasteiger charge is 2.57. The first-order valence-corrected chi connectivity index (χ1v) is 12.6. The number of hydrogen-bond donors (Lipinski definition) is 0. The van der Waals surface area contributed by atoms with Crippen LogP contribution in [0.5, 0.6) is 0 Å². The molecular formula is C27H42O4. The van der Waals surface area contributed by atoms with Crippen molar-refractivity contribution in [1.82, 2.24) is 0 Å². The van der Waals surface area contributed by atoms with Gasteiger partial charge < -0.3 is 9.47 Å². The van der Waals surface area contributed by atoms with Crippen molar-refractivity contribution in [3.63, 3.8) is 0 Å². The zero-order chi connectivity index (χ0) is 22.4. The lowest BCUT2D eigenvalue weighted by Crippen LogP contribution is -2.49. The van der Waals surface area contributed by atoms with Crippen molar-refractivity contribution >= 4 is 11.9 Å². The van der Waals surface area contributed by atoms with Gasteiger partial charge in [0, 0.05) is 13.3 Å². The van der Waals surface area contributed by atoms with Gasteiger partial charge in [-0.2, -0.15) is 0 Å². The predicted molar refractivity (Wildman–Crippen MR) is 121 cm³/mol. The molecule has 0 aromatic rings. The molecule has 8 atom stereocenters. The van der Waals surface area contributed by atoms with Crippen LogP contribution in [0, 0.1) is 40.4 Å². The Balaban J connectivity index is 1.50. The summed E-state index contributed by atoms with van der Waals surface area (Å²) in [6.07, 6.45) is 13.8. The normalized spacial score (nSPS) is 42.5. The second-order valence-corrected chi connectivity index (χ2v) is 11.6. The number of rotatable bonds is 5. The summed E-state index contributed by atoms with van der Waals surface area (Å²) in [7, 11) is 1.49. The minimum atomic E-state index is -0.131. The van der Waals surface area contributed by atoms with Gasteiger partial charge in [-0.1, -0.05) is 32.4 Å². The SMILES string of the molecule is COC(=O)CC[C@@H](C)C1CC[C@H]2[C@@H]3CC[C@@H]4C[C@@H](OC(C)=O)CC[C@]4(C)C3=CC[C@]12C. The largest absolute Gasteiger partial charge is 0.469 e. The number of allylic oxidation sites excluding steroid dienone is 2. The summed E-state index contributed by atoms with van der Waals surface area (Å²) >= 11 is 0. The molecule has 0 aliphatic heterocycles. The summed E-state index contributed by atoms with van der Waals surface area (Å²) in [6.45, 7) is 8.95. The maximum atomic E-state index is 11.7. The number of methoxy groups -OCH3 is 1. The standard InChI is InChI=1S/C27H42O4/c1-17(6-11-25(29)30-5)22-9-10-23-21-8-7-19-16-20(31-18(2)28)12-14-26(19,3)24(21)13-15-27(22,23)4/h13,17,19-23H,6-12,14-16H2,1-5H3/t17-,19-,20+,21+,22?,23+,26+,27-/m1/s1. The summed E-state index contributed by atoms with van der Waals surface area (Å²) in [5.41, 5.74) is 2.40. The van der Waals surface area contributed by atoms with Crippen LogP contribution in [0.1, 0.15) is 91.9 Å². The molecule has 0 aromatic carbocycles. The van der Waals surface area contributed by atoms with Crippen molar-refractivity contribution in [3.05, 3.63) is 11.6 Å². The molecule has 0 amide bonds. The topological polar surface area (TPSA) is 52.6 Å². The third kappa shape index (κ3) is 3.97. The quantitative estimate of drug-likeness (QED) is 0.391. The van der Waals surface area contributed by atoms with E-state index in [1.807, 2.05) is 0 Å². The lowest BCUT2D eigenvalue weighted by Gasteiger charge is -2.57. The van der Waals surface area contributed by atoms with Crippen LogP contribution in [-0.4, -0.2) is 25.2 Å². The second kappa shape index (κ2) is 8.56. The Kier molecular flexibility index (Phi) is 6.31. The van der Waals surface area contributed by atoms with E-state index >= 15 is 0 Å². The Morgan fingerprint density at radius 2 is 1.94 bits per heavy atom. The van der Waals surface area contributed by atoms with Gasteiger partial charge in [0.1, 0.15) is 6.10 Å². The number of fused-ring (bicyclic) bond motifs is 5. The van der Waals surface area contributed by atoms with Crippen LogP contribution in [0.4, 0.5) is 0 Å². The van der Waals surface area contributed by atoms with E-state index in [0.29, 0.717) is 29.6 Å². The highest BCUT2D eigenvalue weighted by Crippen LogP contribution is 2.66. The van der Waals surface area contributed by atoms with Crippen molar-refractivity contribution < 1.29 is 19.1 Å². The molecule has 31 heavy (non-hydrogen) atoms. The zero-order valence-electron chi connectivity index (χ0n) is 20.2. The molecule has 4 rings (SSSR count). The van der Waals surface area contributed by atoms with Crippen molar-refractivity contribution in [2.45, 2.75) is 98.0 Å². The summed E-state index contributed by atoms with van der Waals surface area (Å²) in [5.74, 6) is 3.21. The average Bonchev–Trinajstić information content (AvgIpc) is 3.09. The average molecular weight is 431 g/mol. The van der Waals surface area contributed by atoms with E-state index in [0.717, 1.165) is 37.5 Å². The fraction of sp³-hybridized carbons (Fsp3) is 0.852. The van der Waals surface area contributed by atoms with Gasteiger partial charge in [-0.3, -0.25) is 9.59 Å². The molecule has 1 unspecified atom stereocenters. The first-order chi connectivity index (χ1) is 14.7. The monoisotopic (exact) mass is 430 g/mol. The van der Waals surface area contributed by atoms with Crippen molar-refractivity contribution in [3.8, 4) is 0 Å². The minimum Gasteiger partial charge on any atom is -0.469 e. The lowest BCUT2D eigenvalue weighted by atomic mass is 9.48. The first-order valence-electron chi connectivity index (χ1n) is 12.6. The minimum absolute atomic E-state index is 0.0759. The predicted octanol–water partition coefficient (Wildman–Crippen LogP) is 6.09. The van der Waals surface area contributed by atoms with Gasteiger partial charge in [-0.15, -0.1) is 0 Å². The number of carbonyl (C=O) groups excluding carboxylic acids is 2. The zero-order valence-corrected chi connectivity index (χ0v) is 20.2. The molecule has 3 saturated carbocycles. The number of hydrogen-bond acceptors (Lipinski definition) is 4. The van der Waals surface area contributed by atoms with Crippen LogP contribution in [-0.2, 0) is 19.1 Å². The van der Waals surface area contributed by atoms with E-state index < -0.39 is 0 Å². The molecule has 4 nitrogen and oxygen atoms in total. The molecular weight excluding hydrogens is 388 g/mol. The molecule has 0 N–H and O–H groups in total. The lowest BCUT2D eigenvalue weighted by molar-refractivity contribution is -0.151. The van der Waals surface area contributed by atoms with E-state index in [2.05, 4.69) is 26.8 Å².